The molecule has 0 saturated carbocycles. The molecule has 0 aliphatic carbocycles. The van der Waals surface area contributed by atoms with Crippen molar-refractivity contribution in [2.45, 2.75) is 37.8 Å². The second kappa shape index (κ2) is 7.71. The van der Waals surface area contributed by atoms with Crippen LogP contribution in [0.1, 0.15) is 36.3 Å². The number of benzene rings is 2. The minimum Gasteiger partial charge on any atom is -0.330 e. The number of nitrogens with two attached hydrogens (primary N) is 1. The summed E-state index contributed by atoms with van der Waals surface area (Å²) in [4.78, 5) is 2.56. The van der Waals surface area contributed by atoms with Crippen molar-refractivity contribution >= 4 is 0 Å². The summed E-state index contributed by atoms with van der Waals surface area (Å²) in [6.45, 7) is 2.67. The monoisotopic (exact) mass is 312 g/mol. The zero-order chi connectivity index (χ0) is 16.1. The van der Waals surface area contributed by atoms with Crippen LogP contribution in [-0.2, 0) is 6.54 Å². The van der Waals surface area contributed by atoms with Gasteiger partial charge in [0.25, 0.3) is 0 Å². The summed E-state index contributed by atoms with van der Waals surface area (Å²) in [5, 5.41) is 0. The first-order valence-electron chi connectivity index (χ1n) is 8.51. The van der Waals surface area contributed by atoms with Crippen molar-refractivity contribution in [2.24, 2.45) is 5.73 Å². The number of hydrogen-bond acceptors (Lipinski definition) is 2. The normalized spacial score (nSPS) is 20.3. The van der Waals surface area contributed by atoms with Crippen LogP contribution >= 0.6 is 0 Å². The molecular weight excluding hydrogens is 287 g/mol. The van der Waals surface area contributed by atoms with Crippen molar-refractivity contribution in [1.29, 1.82) is 0 Å². The number of rotatable bonds is 5. The number of halogens is 1. The molecule has 2 aromatic rings. The molecule has 3 heteroatoms. The van der Waals surface area contributed by atoms with Gasteiger partial charge in [-0.15, -0.1) is 0 Å². The minimum absolute atomic E-state index is 0.186. The van der Waals surface area contributed by atoms with Crippen LogP contribution in [0.2, 0.25) is 0 Å². The molecule has 0 aromatic heterocycles. The lowest BCUT2D eigenvalue weighted by molar-refractivity contribution is 0.119. The Hall–Kier alpha value is -1.71. The smallest absolute Gasteiger partial charge is 0.123 e. The molecule has 122 valence electrons. The molecule has 23 heavy (non-hydrogen) atoms. The summed E-state index contributed by atoms with van der Waals surface area (Å²) in [7, 11) is 0. The first kappa shape index (κ1) is 16.2. The highest BCUT2D eigenvalue weighted by atomic mass is 19.1. The molecule has 2 nitrogen and oxygen atoms in total. The second-order valence-corrected chi connectivity index (χ2v) is 6.41. The van der Waals surface area contributed by atoms with Gasteiger partial charge in [0.15, 0.2) is 0 Å². The Kier molecular flexibility index (Phi) is 5.42. The van der Waals surface area contributed by atoms with E-state index >= 15 is 0 Å². The molecule has 2 N–H and O–H groups in total. The van der Waals surface area contributed by atoms with Crippen molar-refractivity contribution < 1.29 is 4.39 Å². The topological polar surface area (TPSA) is 29.3 Å². The average Bonchev–Trinajstić information content (AvgIpc) is 2.59. The van der Waals surface area contributed by atoms with E-state index in [0.717, 1.165) is 25.1 Å². The van der Waals surface area contributed by atoms with Gasteiger partial charge in [-0.2, -0.15) is 0 Å². The van der Waals surface area contributed by atoms with E-state index in [2.05, 4.69) is 35.2 Å². The van der Waals surface area contributed by atoms with Gasteiger partial charge in [-0.1, -0.05) is 48.9 Å². The fraction of sp³-hybridized carbons (Fsp3) is 0.400. The first-order valence-corrected chi connectivity index (χ1v) is 8.51. The molecule has 3 rings (SSSR count). The maximum absolute atomic E-state index is 13.2. The van der Waals surface area contributed by atoms with E-state index < -0.39 is 0 Å². The van der Waals surface area contributed by atoms with E-state index in [1.165, 1.54) is 18.4 Å². The van der Waals surface area contributed by atoms with E-state index in [-0.39, 0.29) is 11.7 Å². The largest absolute Gasteiger partial charge is 0.330 e. The predicted molar refractivity (Wildman–Crippen MR) is 92.7 cm³/mol. The van der Waals surface area contributed by atoms with Gasteiger partial charge in [0, 0.05) is 25.0 Å². The molecule has 1 aliphatic heterocycles. The zero-order valence-corrected chi connectivity index (χ0v) is 13.5. The van der Waals surface area contributed by atoms with Crippen LogP contribution in [0.15, 0.2) is 54.6 Å². The van der Waals surface area contributed by atoms with E-state index in [1.807, 2.05) is 12.1 Å². The van der Waals surface area contributed by atoms with Crippen LogP contribution in [0.5, 0.6) is 0 Å². The molecule has 0 amide bonds. The maximum atomic E-state index is 13.2. The van der Waals surface area contributed by atoms with Crippen molar-refractivity contribution in [3.8, 4) is 0 Å². The summed E-state index contributed by atoms with van der Waals surface area (Å²) in [6.07, 6.45) is 3.64. The van der Waals surface area contributed by atoms with Gasteiger partial charge in [0.05, 0.1) is 0 Å². The van der Waals surface area contributed by atoms with Crippen molar-refractivity contribution in [1.82, 2.24) is 4.90 Å². The van der Waals surface area contributed by atoms with Crippen LogP contribution in [0.25, 0.3) is 0 Å². The van der Waals surface area contributed by atoms with Crippen molar-refractivity contribution in [2.75, 3.05) is 13.1 Å². The van der Waals surface area contributed by atoms with Crippen LogP contribution in [0.3, 0.4) is 0 Å². The molecular formula is C20H25FN2. The highest BCUT2D eigenvalue weighted by molar-refractivity contribution is 5.23. The molecule has 0 spiro atoms. The van der Waals surface area contributed by atoms with Crippen LogP contribution in [0, 0.1) is 5.82 Å². The lowest BCUT2D eigenvalue weighted by Crippen LogP contribution is -2.44. The minimum atomic E-state index is -0.186. The van der Waals surface area contributed by atoms with Crippen LogP contribution in [-0.4, -0.2) is 24.0 Å². The first-order chi connectivity index (χ1) is 11.3. The molecule has 2 unspecified atom stereocenters. The summed E-state index contributed by atoms with van der Waals surface area (Å²) >= 11 is 0. The van der Waals surface area contributed by atoms with E-state index in [9.17, 15) is 4.39 Å². The number of piperidine rings is 1. The Morgan fingerprint density at radius 3 is 2.48 bits per heavy atom. The van der Waals surface area contributed by atoms with E-state index in [1.54, 1.807) is 12.1 Å². The molecule has 0 radical (unpaired) electrons. The molecule has 2 aromatic carbocycles. The molecule has 2 atom stereocenters. The third-order valence-corrected chi connectivity index (χ3v) is 4.91. The lowest BCUT2D eigenvalue weighted by Gasteiger charge is -2.40. The fourth-order valence-corrected chi connectivity index (χ4v) is 3.71. The molecule has 1 saturated heterocycles. The van der Waals surface area contributed by atoms with Crippen LogP contribution < -0.4 is 5.73 Å². The van der Waals surface area contributed by atoms with Gasteiger partial charge in [-0.05, 0) is 42.6 Å². The Balaban J connectivity index is 1.80. The molecule has 1 fully saturated rings. The Morgan fingerprint density at radius 1 is 1.04 bits per heavy atom. The van der Waals surface area contributed by atoms with E-state index in [4.69, 9.17) is 5.73 Å². The SMILES string of the molecule is NCC(c1ccc(F)cc1)C1CCCCN1Cc1ccccc1. The number of nitrogens with zero attached hydrogens (tertiary/aromatic N) is 1. The Labute approximate surface area is 138 Å². The summed E-state index contributed by atoms with van der Waals surface area (Å²) in [6, 6.07) is 17.9. The van der Waals surface area contributed by atoms with Gasteiger partial charge in [0.2, 0.25) is 0 Å². The van der Waals surface area contributed by atoms with Gasteiger partial charge in [-0.25, -0.2) is 4.39 Å². The highest BCUT2D eigenvalue weighted by Crippen LogP contribution is 2.31. The summed E-state index contributed by atoms with van der Waals surface area (Å²) < 4.78 is 13.2. The third-order valence-electron chi connectivity index (χ3n) is 4.91. The summed E-state index contributed by atoms with van der Waals surface area (Å²) in [5.74, 6) is 0.0777. The van der Waals surface area contributed by atoms with Gasteiger partial charge in [0.1, 0.15) is 5.82 Å². The standard InChI is InChI=1S/C20H25FN2/c21-18-11-9-17(10-12-18)19(14-22)20-8-4-5-13-23(20)15-16-6-2-1-3-7-16/h1-3,6-7,9-12,19-20H,4-5,8,13-15,22H2. The zero-order valence-electron chi connectivity index (χ0n) is 13.5. The average molecular weight is 312 g/mol. The Morgan fingerprint density at radius 2 is 1.78 bits per heavy atom. The third kappa shape index (κ3) is 3.98. The fourth-order valence-electron chi connectivity index (χ4n) is 3.71. The van der Waals surface area contributed by atoms with Gasteiger partial charge < -0.3 is 5.73 Å². The van der Waals surface area contributed by atoms with Crippen LogP contribution in [0.4, 0.5) is 4.39 Å². The Bertz CT molecular complexity index is 597. The molecule has 0 bridgehead atoms. The quantitative estimate of drug-likeness (QED) is 0.906. The second-order valence-electron chi connectivity index (χ2n) is 6.41. The predicted octanol–water partition coefficient (Wildman–Crippen LogP) is 3.92. The van der Waals surface area contributed by atoms with Gasteiger partial charge in [-0.3, -0.25) is 4.90 Å². The van der Waals surface area contributed by atoms with Crippen molar-refractivity contribution in [3.63, 3.8) is 0 Å². The maximum Gasteiger partial charge on any atom is 0.123 e. The van der Waals surface area contributed by atoms with Crippen molar-refractivity contribution in [3.05, 3.63) is 71.5 Å². The molecule has 1 heterocycles. The lowest BCUT2D eigenvalue weighted by atomic mass is 9.85. The van der Waals surface area contributed by atoms with Gasteiger partial charge >= 0.3 is 0 Å². The highest BCUT2D eigenvalue weighted by Gasteiger charge is 2.30. The number of hydrogen-bond donors (Lipinski definition) is 1. The molecule has 1 aliphatic rings. The summed E-state index contributed by atoms with van der Waals surface area (Å²) in [5.41, 5.74) is 8.60. The number of likely N-dealkylation sites (tertiary alicyclic amines) is 1. The van der Waals surface area contributed by atoms with E-state index in [0.29, 0.717) is 12.6 Å².